The third-order valence-electron chi connectivity index (χ3n) is 5.47. The molecule has 1 saturated carbocycles. The highest BCUT2D eigenvalue weighted by molar-refractivity contribution is 5.74. The molecule has 6 heteroatoms. The van der Waals surface area contributed by atoms with Gasteiger partial charge in [-0.05, 0) is 44.1 Å². The third kappa shape index (κ3) is 4.83. The summed E-state index contributed by atoms with van der Waals surface area (Å²) in [6, 6.07) is 0.531. The number of likely N-dealkylation sites (N-methyl/N-ethyl adjacent to an activating group) is 1. The van der Waals surface area contributed by atoms with E-state index in [4.69, 9.17) is 5.11 Å². The van der Waals surface area contributed by atoms with E-state index in [1.807, 2.05) is 16.7 Å². The standard InChI is InChI=1S/C17H31N3O3/c1-4-19(11-16(21)22)15-9-14(10-15)18-17(23)20-7-5-13(6-8-20)12(2)3/h12-15H,4-11H2,1-3H3,(H,18,23)(H,21,22). The summed E-state index contributed by atoms with van der Waals surface area (Å²) in [5.74, 6) is 0.649. The molecule has 0 spiro atoms. The molecule has 2 aliphatic rings. The summed E-state index contributed by atoms with van der Waals surface area (Å²) in [5, 5.41) is 12.0. The minimum atomic E-state index is -0.785. The number of hydrogen-bond acceptors (Lipinski definition) is 3. The first-order valence-electron chi connectivity index (χ1n) is 8.92. The Kier molecular flexibility index (Phi) is 6.27. The summed E-state index contributed by atoms with van der Waals surface area (Å²) < 4.78 is 0. The molecule has 0 aromatic carbocycles. The van der Waals surface area contributed by atoms with Gasteiger partial charge in [0.05, 0.1) is 6.54 Å². The number of carbonyl (C=O) groups excluding carboxylic acids is 1. The van der Waals surface area contributed by atoms with Gasteiger partial charge in [-0.25, -0.2) is 4.79 Å². The van der Waals surface area contributed by atoms with Gasteiger partial charge in [0.2, 0.25) is 0 Å². The van der Waals surface area contributed by atoms with Crippen LogP contribution in [0.3, 0.4) is 0 Å². The Bertz CT molecular complexity index is 413. The van der Waals surface area contributed by atoms with Crippen LogP contribution >= 0.6 is 0 Å². The zero-order valence-electron chi connectivity index (χ0n) is 14.6. The lowest BCUT2D eigenvalue weighted by Gasteiger charge is -2.43. The molecule has 0 radical (unpaired) electrons. The molecular weight excluding hydrogens is 294 g/mol. The summed E-state index contributed by atoms with van der Waals surface area (Å²) in [6.45, 7) is 9.02. The Hall–Kier alpha value is -1.30. The van der Waals surface area contributed by atoms with E-state index in [2.05, 4.69) is 19.2 Å². The third-order valence-corrected chi connectivity index (χ3v) is 5.47. The van der Waals surface area contributed by atoms with Gasteiger partial charge in [-0.3, -0.25) is 9.69 Å². The van der Waals surface area contributed by atoms with Crippen LogP contribution in [0.4, 0.5) is 4.79 Å². The minimum absolute atomic E-state index is 0.0527. The fraction of sp³-hybridized carbons (Fsp3) is 0.882. The number of nitrogens with one attached hydrogen (secondary N) is 1. The molecule has 0 bridgehead atoms. The Morgan fingerprint density at radius 3 is 2.35 bits per heavy atom. The molecule has 23 heavy (non-hydrogen) atoms. The molecule has 1 aliphatic carbocycles. The van der Waals surface area contributed by atoms with E-state index < -0.39 is 5.97 Å². The van der Waals surface area contributed by atoms with Gasteiger partial charge in [-0.2, -0.15) is 0 Å². The van der Waals surface area contributed by atoms with Gasteiger partial charge in [-0.15, -0.1) is 0 Å². The van der Waals surface area contributed by atoms with Crippen molar-refractivity contribution in [3.8, 4) is 0 Å². The van der Waals surface area contributed by atoms with Crippen LogP contribution < -0.4 is 5.32 Å². The van der Waals surface area contributed by atoms with Crippen molar-refractivity contribution >= 4 is 12.0 Å². The van der Waals surface area contributed by atoms with E-state index in [1.54, 1.807) is 0 Å². The van der Waals surface area contributed by atoms with Crippen LogP contribution in [0, 0.1) is 11.8 Å². The predicted octanol–water partition coefficient (Wildman–Crippen LogP) is 2.00. The molecule has 6 nitrogen and oxygen atoms in total. The Balaban J connectivity index is 1.69. The number of amides is 2. The van der Waals surface area contributed by atoms with E-state index >= 15 is 0 Å². The molecule has 0 aromatic heterocycles. The molecule has 2 amide bonds. The van der Waals surface area contributed by atoms with Crippen molar-refractivity contribution < 1.29 is 14.7 Å². The predicted molar refractivity (Wildman–Crippen MR) is 89.4 cm³/mol. The monoisotopic (exact) mass is 325 g/mol. The molecule has 0 aromatic rings. The maximum absolute atomic E-state index is 12.3. The van der Waals surface area contributed by atoms with E-state index in [0.29, 0.717) is 5.92 Å². The topological polar surface area (TPSA) is 72.9 Å². The summed E-state index contributed by atoms with van der Waals surface area (Å²) >= 11 is 0. The quantitative estimate of drug-likeness (QED) is 0.783. The van der Waals surface area contributed by atoms with Crippen LogP contribution in [0.5, 0.6) is 0 Å². The van der Waals surface area contributed by atoms with Gasteiger partial charge in [-0.1, -0.05) is 20.8 Å². The molecule has 1 heterocycles. The van der Waals surface area contributed by atoms with E-state index in [-0.39, 0.29) is 24.7 Å². The van der Waals surface area contributed by atoms with Crippen molar-refractivity contribution in [2.24, 2.45) is 11.8 Å². The number of hydrogen-bond donors (Lipinski definition) is 2. The van der Waals surface area contributed by atoms with Crippen molar-refractivity contribution in [1.82, 2.24) is 15.1 Å². The molecule has 0 unspecified atom stereocenters. The maximum atomic E-state index is 12.3. The zero-order chi connectivity index (χ0) is 17.0. The lowest BCUT2D eigenvalue weighted by Crippen LogP contribution is -2.57. The number of carbonyl (C=O) groups is 2. The molecule has 1 saturated heterocycles. The molecule has 0 atom stereocenters. The average Bonchev–Trinajstić information content (AvgIpc) is 2.48. The van der Waals surface area contributed by atoms with E-state index in [1.165, 1.54) is 0 Å². The second kappa shape index (κ2) is 7.99. The number of rotatable bonds is 6. The Labute approximate surface area is 139 Å². The highest BCUT2D eigenvalue weighted by Crippen LogP contribution is 2.27. The second-order valence-corrected chi connectivity index (χ2v) is 7.30. The fourth-order valence-corrected chi connectivity index (χ4v) is 3.71. The number of piperidine rings is 1. The van der Waals surface area contributed by atoms with Crippen molar-refractivity contribution in [3.63, 3.8) is 0 Å². The lowest BCUT2D eigenvalue weighted by molar-refractivity contribution is -0.139. The number of urea groups is 1. The molecular formula is C17H31N3O3. The van der Waals surface area contributed by atoms with Crippen LogP contribution in [0.1, 0.15) is 46.5 Å². The van der Waals surface area contributed by atoms with Crippen molar-refractivity contribution in [3.05, 3.63) is 0 Å². The zero-order valence-corrected chi connectivity index (χ0v) is 14.6. The normalized spacial score (nSPS) is 25.5. The van der Waals surface area contributed by atoms with Gasteiger partial charge < -0.3 is 15.3 Å². The number of aliphatic carboxylic acids is 1. The first-order chi connectivity index (χ1) is 10.9. The van der Waals surface area contributed by atoms with E-state index in [9.17, 15) is 9.59 Å². The van der Waals surface area contributed by atoms with E-state index in [0.717, 1.165) is 51.2 Å². The average molecular weight is 325 g/mol. The minimum Gasteiger partial charge on any atom is -0.480 e. The summed E-state index contributed by atoms with van der Waals surface area (Å²) in [5.41, 5.74) is 0. The van der Waals surface area contributed by atoms with Crippen LogP contribution in [0.15, 0.2) is 0 Å². The molecule has 132 valence electrons. The fourth-order valence-electron chi connectivity index (χ4n) is 3.71. The number of likely N-dealkylation sites (tertiary alicyclic amines) is 1. The van der Waals surface area contributed by atoms with Gasteiger partial charge in [0, 0.05) is 25.2 Å². The Morgan fingerprint density at radius 1 is 1.26 bits per heavy atom. The summed E-state index contributed by atoms with van der Waals surface area (Å²) in [6.07, 6.45) is 3.91. The largest absolute Gasteiger partial charge is 0.480 e. The molecule has 2 fully saturated rings. The lowest BCUT2D eigenvalue weighted by atomic mass is 9.85. The smallest absolute Gasteiger partial charge is 0.317 e. The first-order valence-corrected chi connectivity index (χ1v) is 8.92. The molecule has 1 aliphatic heterocycles. The van der Waals surface area contributed by atoms with Crippen molar-refractivity contribution in [2.45, 2.75) is 58.5 Å². The van der Waals surface area contributed by atoms with Crippen LogP contribution in [-0.4, -0.2) is 65.2 Å². The number of carboxylic acids is 1. The van der Waals surface area contributed by atoms with Crippen LogP contribution in [0.25, 0.3) is 0 Å². The highest BCUT2D eigenvalue weighted by atomic mass is 16.4. The number of carboxylic acid groups (broad SMARTS) is 1. The molecule has 2 N–H and O–H groups in total. The van der Waals surface area contributed by atoms with Gasteiger partial charge in [0.1, 0.15) is 0 Å². The van der Waals surface area contributed by atoms with Gasteiger partial charge in [0.25, 0.3) is 0 Å². The van der Waals surface area contributed by atoms with Gasteiger partial charge in [0.15, 0.2) is 0 Å². The summed E-state index contributed by atoms with van der Waals surface area (Å²) in [7, 11) is 0. The molecule has 2 rings (SSSR count). The number of nitrogens with zero attached hydrogens (tertiary/aromatic N) is 2. The second-order valence-electron chi connectivity index (χ2n) is 7.30. The highest BCUT2D eigenvalue weighted by Gasteiger charge is 2.35. The maximum Gasteiger partial charge on any atom is 0.317 e. The van der Waals surface area contributed by atoms with Crippen LogP contribution in [-0.2, 0) is 4.79 Å². The van der Waals surface area contributed by atoms with Crippen molar-refractivity contribution in [2.75, 3.05) is 26.2 Å². The van der Waals surface area contributed by atoms with Gasteiger partial charge >= 0.3 is 12.0 Å². The SMILES string of the molecule is CCN(CC(=O)O)C1CC(NC(=O)N2CCC(C(C)C)CC2)C1. The summed E-state index contributed by atoms with van der Waals surface area (Å²) in [4.78, 5) is 27.0. The van der Waals surface area contributed by atoms with Crippen LogP contribution in [0.2, 0.25) is 0 Å². The first kappa shape index (κ1) is 18.0. The van der Waals surface area contributed by atoms with Crippen molar-refractivity contribution in [1.29, 1.82) is 0 Å². The Morgan fingerprint density at radius 2 is 1.87 bits per heavy atom.